The molecule has 0 fully saturated rings. The molecule has 0 unspecified atom stereocenters. The first kappa shape index (κ1) is 23.6. The monoisotopic (exact) mass is 466 g/mol. The molecule has 2 amide bonds. The summed E-state index contributed by atoms with van der Waals surface area (Å²) in [5, 5.41) is 3.16. The highest BCUT2D eigenvalue weighted by molar-refractivity contribution is 6.36. The van der Waals surface area contributed by atoms with E-state index in [1.54, 1.807) is 42.5 Å². The van der Waals surface area contributed by atoms with Crippen LogP contribution in [0.3, 0.4) is 0 Å². The number of carbonyl (C=O) groups is 2. The lowest BCUT2D eigenvalue weighted by atomic mass is 10.0. The van der Waals surface area contributed by atoms with Crippen LogP contribution in [-0.2, 0) is 14.3 Å². The summed E-state index contributed by atoms with van der Waals surface area (Å²) < 4.78 is 22.5. The summed E-state index contributed by atoms with van der Waals surface area (Å²) in [6.45, 7) is 9.09. The average Bonchev–Trinajstić information content (AvgIpc) is 3.03. The second-order valence-corrected chi connectivity index (χ2v) is 8.61. The Kier molecular flexibility index (Phi) is 7.07. The Bertz CT molecular complexity index is 1090. The van der Waals surface area contributed by atoms with Gasteiger partial charge in [-0.05, 0) is 57.5 Å². The molecule has 0 atom stereocenters. The molecular weight excluding hydrogens is 436 g/mol. The van der Waals surface area contributed by atoms with Gasteiger partial charge in [-0.1, -0.05) is 12.1 Å². The van der Waals surface area contributed by atoms with Crippen LogP contribution in [0, 0.1) is 0 Å². The zero-order chi connectivity index (χ0) is 24.2. The van der Waals surface area contributed by atoms with Gasteiger partial charge in [0, 0.05) is 11.8 Å². The molecule has 2 aromatic carbocycles. The largest absolute Gasteiger partial charge is 0.491 e. The summed E-state index contributed by atoms with van der Waals surface area (Å²) >= 11 is 0. The van der Waals surface area contributed by atoms with E-state index in [1.165, 1.54) is 4.90 Å². The van der Waals surface area contributed by atoms with E-state index >= 15 is 0 Å². The third-order valence-electron chi connectivity index (χ3n) is 5.26. The van der Waals surface area contributed by atoms with Crippen molar-refractivity contribution in [3.05, 3.63) is 53.7 Å². The van der Waals surface area contributed by atoms with Crippen molar-refractivity contribution >= 4 is 23.1 Å². The fourth-order valence-corrected chi connectivity index (χ4v) is 3.78. The fourth-order valence-electron chi connectivity index (χ4n) is 3.78. The molecule has 2 aliphatic rings. The summed E-state index contributed by atoms with van der Waals surface area (Å²) in [5.74, 6) is 1.17. The van der Waals surface area contributed by atoms with Crippen molar-refractivity contribution in [1.82, 2.24) is 4.90 Å². The molecule has 1 N–H and O–H groups in total. The van der Waals surface area contributed by atoms with Gasteiger partial charge < -0.3 is 24.3 Å². The van der Waals surface area contributed by atoms with E-state index in [2.05, 4.69) is 5.32 Å². The Hall–Kier alpha value is -3.52. The van der Waals surface area contributed by atoms with E-state index in [-0.39, 0.29) is 37.0 Å². The summed E-state index contributed by atoms with van der Waals surface area (Å²) in [5.41, 5.74) is 1.77. The minimum atomic E-state index is -0.398. The van der Waals surface area contributed by atoms with Crippen LogP contribution in [0.2, 0.25) is 0 Å². The number of carbonyl (C=O) groups excluding carboxylic acids is 2. The molecular formula is C26H30N2O6. The van der Waals surface area contributed by atoms with Crippen molar-refractivity contribution in [2.75, 3.05) is 31.7 Å². The van der Waals surface area contributed by atoms with Gasteiger partial charge in [0.05, 0.1) is 30.9 Å². The van der Waals surface area contributed by atoms with E-state index < -0.39 is 5.91 Å². The number of fused-ring (bicyclic) bond motifs is 1. The summed E-state index contributed by atoms with van der Waals surface area (Å²) in [4.78, 5) is 27.9. The first-order valence-corrected chi connectivity index (χ1v) is 11.5. The number of nitrogens with zero attached hydrogens (tertiary/aromatic N) is 1. The lowest BCUT2D eigenvalue weighted by molar-refractivity contribution is -0.137. The molecule has 0 aliphatic carbocycles. The number of amides is 2. The van der Waals surface area contributed by atoms with Crippen LogP contribution in [0.25, 0.3) is 5.57 Å². The second kappa shape index (κ2) is 10.2. The van der Waals surface area contributed by atoms with Crippen LogP contribution in [0.1, 0.15) is 33.3 Å². The third kappa shape index (κ3) is 5.17. The molecule has 8 nitrogen and oxygen atoms in total. The molecule has 34 heavy (non-hydrogen) atoms. The SMILES string of the molecule is CC(C)OCCN1C(=O)C(Nc2ccc3c(c2)OCCO3)=C(c2ccc(OC(C)C)cc2)C1=O. The van der Waals surface area contributed by atoms with Crippen molar-refractivity contribution < 1.29 is 28.5 Å². The number of anilines is 1. The first-order valence-electron chi connectivity index (χ1n) is 11.5. The van der Waals surface area contributed by atoms with Crippen LogP contribution >= 0.6 is 0 Å². The number of nitrogens with one attached hydrogen (secondary N) is 1. The molecule has 180 valence electrons. The number of hydrogen-bond acceptors (Lipinski definition) is 7. The minimum Gasteiger partial charge on any atom is -0.491 e. The van der Waals surface area contributed by atoms with Gasteiger partial charge in [-0.3, -0.25) is 14.5 Å². The van der Waals surface area contributed by atoms with Gasteiger partial charge in [-0.2, -0.15) is 0 Å². The Morgan fingerprint density at radius 2 is 1.62 bits per heavy atom. The van der Waals surface area contributed by atoms with Gasteiger partial charge in [-0.15, -0.1) is 0 Å². The molecule has 0 bridgehead atoms. The standard InChI is InChI=1S/C26H30N2O6/c1-16(2)31-12-11-28-25(29)23(18-5-8-20(9-6-18)34-17(3)4)24(26(28)30)27-19-7-10-21-22(15-19)33-14-13-32-21/h5-10,15-17,27H,11-14H2,1-4H3. The Labute approximate surface area is 199 Å². The zero-order valence-corrected chi connectivity index (χ0v) is 19.9. The van der Waals surface area contributed by atoms with Crippen LogP contribution in [-0.4, -0.2) is 55.3 Å². The highest BCUT2D eigenvalue weighted by atomic mass is 16.6. The van der Waals surface area contributed by atoms with Crippen molar-refractivity contribution in [3.63, 3.8) is 0 Å². The van der Waals surface area contributed by atoms with E-state index in [0.717, 1.165) is 0 Å². The van der Waals surface area contributed by atoms with Gasteiger partial charge in [0.15, 0.2) is 11.5 Å². The molecule has 0 saturated heterocycles. The van der Waals surface area contributed by atoms with Gasteiger partial charge in [-0.25, -0.2) is 0 Å². The van der Waals surface area contributed by atoms with E-state index in [0.29, 0.717) is 47.3 Å². The van der Waals surface area contributed by atoms with Crippen LogP contribution in [0.5, 0.6) is 17.2 Å². The van der Waals surface area contributed by atoms with Crippen LogP contribution in [0.15, 0.2) is 48.2 Å². The Balaban J connectivity index is 1.65. The molecule has 0 radical (unpaired) electrons. The predicted molar refractivity (Wildman–Crippen MR) is 128 cm³/mol. The zero-order valence-electron chi connectivity index (χ0n) is 19.9. The molecule has 0 saturated carbocycles. The van der Waals surface area contributed by atoms with Crippen molar-refractivity contribution in [2.24, 2.45) is 0 Å². The van der Waals surface area contributed by atoms with Crippen molar-refractivity contribution in [2.45, 2.75) is 39.9 Å². The summed E-state index contributed by atoms with van der Waals surface area (Å²) in [6, 6.07) is 12.5. The number of benzene rings is 2. The maximum atomic E-state index is 13.4. The smallest absolute Gasteiger partial charge is 0.278 e. The van der Waals surface area contributed by atoms with Crippen LogP contribution in [0.4, 0.5) is 5.69 Å². The van der Waals surface area contributed by atoms with Gasteiger partial charge >= 0.3 is 0 Å². The highest BCUT2D eigenvalue weighted by Crippen LogP contribution is 2.35. The lowest BCUT2D eigenvalue weighted by Crippen LogP contribution is -2.35. The van der Waals surface area contributed by atoms with Crippen molar-refractivity contribution in [3.8, 4) is 17.2 Å². The van der Waals surface area contributed by atoms with E-state index in [9.17, 15) is 9.59 Å². The van der Waals surface area contributed by atoms with Crippen molar-refractivity contribution in [1.29, 1.82) is 0 Å². The maximum absolute atomic E-state index is 13.4. The molecule has 0 spiro atoms. The number of imide groups is 1. The second-order valence-electron chi connectivity index (χ2n) is 8.61. The molecule has 2 heterocycles. The number of rotatable bonds is 9. The average molecular weight is 467 g/mol. The van der Waals surface area contributed by atoms with Gasteiger partial charge in [0.25, 0.3) is 11.8 Å². The normalized spacial score (nSPS) is 15.5. The fraction of sp³-hybridized carbons (Fsp3) is 0.385. The van der Waals surface area contributed by atoms with Crippen LogP contribution < -0.4 is 19.5 Å². The third-order valence-corrected chi connectivity index (χ3v) is 5.26. The molecule has 8 heteroatoms. The highest BCUT2D eigenvalue weighted by Gasteiger charge is 2.39. The molecule has 0 aromatic heterocycles. The molecule has 4 rings (SSSR count). The topological polar surface area (TPSA) is 86.3 Å². The predicted octanol–water partition coefficient (Wildman–Crippen LogP) is 3.86. The summed E-state index contributed by atoms with van der Waals surface area (Å²) in [7, 11) is 0. The van der Waals surface area contributed by atoms with Gasteiger partial charge in [0.1, 0.15) is 24.7 Å². The number of ether oxygens (including phenoxy) is 4. The Morgan fingerprint density at radius 1 is 0.912 bits per heavy atom. The lowest BCUT2D eigenvalue weighted by Gasteiger charge is -2.19. The Morgan fingerprint density at radius 3 is 2.29 bits per heavy atom. The van der Waals surface area contributed by atoms with Gasteiger partial charge in [0.2, 0.25) is 0 Å². The minimum absolute atomic E-state index is 0.00375. The quantitative estimate of drug-likeness (QED) is 0.562. The molecule has 2 aromatic rings. The summed E-state index contributed by atoms with van der Waals surface area (Å²) in [6.07, 6.45) is 0.0349. The maximum Gasteiger partial charge on any atom is 0.278 e. The molecule has 2 aliphatic heterocycles. The van der Waals surface area contributed by atoms with E-state index in [4.69, 9.17) is 18.9 Å². The van der Waals surface area contributed by atoms with E-state index in [1.807, 2.05) is 27.7 Å². The number of hydrogen-bond donors (Lipinski definition) is 1. The first-order chi connectivity index (χ1) is 16.3.